The molecule has 0 spiro atoms. The molecule has 2 fully saturated rings. The van der Waals surface area contributed by atoms with Crippen molar-refractivity contribution >= 4 is 5.82 Å². The van der Waals surface area contributed by atoms with Gasteiger partial charge in [0.25, 0.3) is 0 Å². The molecule has 3 aliphatic rings. The first kappa shape index (κ1) is 19.8. The Morgan fingerprint density at radius 1 is 0.967 bits per heavy atom. The number of piperidine rings is 1. The summed E-state index contributed by atoms with van der Waals surface area (Å²) in [5.41, 5.74) is 0.481. The minimum Gasteiger partial charge on any atom is -0.350 e. The van der Waals surface area contributed by atoms with Crippen molar-refractivity contribution in [2.75, 3.05) is 18.0 Å². The number of aromatic nitrogens is 4. The van der Waals surface area contributed by atoms with Gasteiger partial charge in [-0.2, -0.15) is 13.2 Å². The van der Waals surface area contributed by atoms with Gasteiger partial charge in [0, 0.05) is 49.7 Å². The molecule has 2 aromatic heterocycles. The average molecular weight is 420 g/mol. The molecule has 2 aromatic rings. The molecule has 0 atom stereocenters. The first-order valence-electron chi connectivity index (χ1n) is 10.9. The van der Waals surface area contributed by atoms with E-state index in [4.69, 9.17) is 0 Å². The van der Waals surface area contributed by atoms with Crippen LogP contribution in [0.15, 0.2) is 18.6 Å². The van der Waals surface area contributed by atoms with E-state index in [0.717, 1.165) is 76.5 Å². The minimum atomic E-state index is -4.44. The highest BCUT2D eigenvalue weighted by Gasteiger charge is 2.39. The third kappa shape index (κ3) is 4.04. The van der Waals surface area contributed by atoms with Gasteiger partial charge in [0.1, 0.15) is 23.7 Å². The zero-order chi connectivity index (χ0) is 20.7. The average Bonchev–Trinajstić information content (AvgIpc) is 3.50. The third-order valence-electron chi connectivity index (χ3n) is 6.55. The Balaban J connectivity index is 1.25. The maximum Gasteiger partial charge on any atom is 0.433 e. The molecule has 0 aromatic carbocycles. The quantitative estimate of drug-likeness (QED) is 0.739. The van der Waals surface area contributed by atoms with Crippen LogP contribution in [0.2, 0.25) is 0 Å². The summed E-state index contributed by atoms with van der Waals surface area (Å²) in [7, 11) is 0. The van der Waals surface area contributed by atoms with Crippen molar-refractivity contribution in [2.45, 2.75) is 76.3 Å². The number of aryl methyl sites for hydroxylation is 1. The number of hydrogen-bond donors (Lipinski definition) is 0. The van der Waals surface area contributed by atoms with Crippen molar-refractivity contribution in [3.8, 4) is 0 Å². The molecule has 0 N–H and O–H groups in total. The zero-order valence-corrected chi connectivity index (χ0v) is 17.0. The van der Waals surface area contributed by atoms with E-state index in [-0.39, 0.29) is 6.04 Å². The summed E-state index contributed by atoms with van der Waals surface area (Å²) in [6.07, 6.45) is 6.08. The molecule has 4 heterocycles. The molecule has 2 aliphatic heterocycles. The monoisotopic (exact) mass is 420 g/mol. The maximum atomic E-state index is 13.1. The Bertz CT molecular complexity index is 883. The molecule has 0 bridgehead atoms. The van der Waals surface area contributed by atoms with Crippen LogP contribution in [-0.2, 0) is 25.7 Å². The van der Waals surface area contributed by atoms with Crippen LogP contribution in [-0.4, -0.2) is 49.6 Å². The summed E-state index contributed by atoms with van der Waals surface area (Å²) in [5, 5.41) is 0. The topological polar surface area (TPSA) is 50.1 Å². The molecule has 162 valence electrons. The van der Waals surface area contributed by atoms with Gasteiger partial charge in [0.2, 0.25) is 0 Å². The van der Waals surface area contributed by atoms with Crippen LogP contribution in [0.3, 0.4) is 0 Å². The fraction of sp³-hybridized carbons (Fsp3) is 0.667. The second kappa shape index (κ2) is 7.83. The van der Waals surface area contributed by atoms with Crippen molar-refractivity contribution in [1.29, 1.82) is 0 Å². The highest BCUT2D eigenvalue weighted by atomic mass is 19.4. The standard InChI is InChI=1S/C21H27F3N6/c22-21(23,24)18-11-19(27-14-26-18)30(15-4-5-15)16-6-9-28(10-7-16)13-20-25-12-17-3-1-2-8-29(17)20/h11-12,14-16H,1-10,13H2. The van der Waals surface area contributed by atoms with Crippen LogP contribution in [0.1, 0.15) is 55.7 Å². The lowest BCUT2D eigenvalue weighted by Gasteiger charge is -2.39. The van der Waals surface area contributed by atoms with Crippen LogP contribution < -0.4 is 4.90 Å². The summed E-state index contributed by atoms with van der Waals surface area (Å²) in [6, 6.07) is 1.64. The van der Waals surface area contributed by atoms with Crippen molar-refractivity contribution in [2.24, 2.45) is 0 Å². The lowest BCUT2D eigenvalue weighted by molar-refractivity contribution is -0.141. The van der Waals surface area contributed by atoms with E-state index < -0.39 is 11.9 Å². The van der Waals surface area contributed by atoms with E-state index in [0.29, 0.717) is 11.9 Å². The van der Waals surface area contributed by atoms with E-state index in [1.54, 1.807) is 0 Å². The van der Waals surface area contributed by atoms with E-state index in [1.807, 2.05) is 6.20 Å². The van der Waals surface area contributed by atoms with Crippen LogP contribution >= 0.6 is 0 Å². The number of rotatable bonds is 5. The van der Waals surface area contributed by atoms with Crippen LogP contribution in [0.4, 0.5) is 19.0 Å². The number of nitrogens with zero attached hydrogens (tertiary/aromatic N) is 6. The molecule has 6 nitrogen and oxygen atoms in total. The maximum absolute atomic E-state index is 13.1. The predicted octanol–water partition coefficient (Wildman–Crippen LogP) is 3.66. The van der Waals surface area contributed by atoms with Gasteiger partial charge in [-0.1, -0.05) is 0 Å². The molecule has 0 radical (unpaired) electrons. The number of fused-ring (bicyclic) bond motifs is 1. The highest BCUT2D eigenvalue weighted by Crippen LogP contribution is 2.37. The second-order valence-electron chi connectivity index (χ2n) is 8.68. The molecular formula is C21H27F3N6. The number of likely N-dealkylation sites (tertiary alicyclic amines) is 1. The van der Waals surface area contributed by atoms with E-state index in [2.05, 4.69) is 29.3 Å². The Kier molecular flexibility index (Phi) is 5.16. The number of alkyl halides is 3. The summed E-state index contributed by atoms with van der Waals surface area (Å²) in [5.74, 6) is 1.56. The van der Waals surface area contributed by atoms with E-state index in [9.17, 15) is 13.2 Å². The molecule has 9 heteroatoms. The summed E-state index contributed by atoms with van der Waals surface area (Å²) in [6.45, 7) is 3.76. The molecule has 1 saturated heterocycles. The Morgan fingerprint density at radius 3 is 2.47 bits per heavy atom. The lowest BCUT2D eigenvalue weighted by Crippen LogP contribution is -2.46. The fourth-order valence-corrected chi connectivity index (χ4v) is 4.85. The summed E-state index contributed by atoms with van der Waals surface area (Å²) >= 11 is 0. The van der Waals surface area contributed by atoms with Crippen LogP contribution in [0.25, 0.3) is 0 Å². The summed E-state index contributed by atoms with van der Waals surface area (Å²) in [4.78, 5) is 16.8. The normalized spacial score (nSPS) is 20.9. The van der Waals surface area contributed by atoms with Crippen LogP contribution in [0, 0.1) is 0 Å². The van der Waals surface area contributed by atoms with Crippen molar-refractivity contribution < 1.29 is 13.2 Å². The van der Waals surface area contributed by atoms with Gasteiger partial charge in [0.15, 0.2) is 0 Å². The molecule has 0 amide bonds. The second-order valence-corrected chi connectivity index (χ2v) is 8.68. The number of halogens is 3. The third-order valence-corrected chi connectivity index (χ3v) is 6.55. The SMILES string of the molecule is FC(F)(F)c1cc(N(C2CC2)C2CCN(Cc3ncc4n3CCCC4)CC2)ncn1. The first-order chi connectivity index (χ1) is 14.5. The van der Waals surface area contributed by atoms with Gasteiger partial charge in [-0.15, -0.1) is 0 Å². The van der Waals surface area contributed by atoms with Gasteiger partial charge in [-0.05, 0) is 44.9 Å². The molecule has 1 aliphatic carbocycles. The number of anilines is 1. The van der Waals surface area contributed by atoms with E-state index >= 15 is 0 Å². The number of imidazole rings is 1. The fourth-order valence-electron chi connectivity index (χ4n) is 4.85. The largest absolute Gasteiger partial charge is 0.433 e. The minimum absolute atomic E-state index is 0.221. The highest BCUT2D eigenvalue weighted by molar-refractivity contribution is 5.44. The Hall–Kier alpha value is -2.16. The molecule has 5 rings (SSSR count). The zero-order valence-electron chi connectivity index (χ0n) is 17.0. The van der Waals surface area contributed by atoms with Gasteiger partial charge < -0.3 is 9.47 Å². The van der Waals surface area contributed by atoms with Crippen LogP contribution in [0.5, 0.6) is 0 Å². The number of hydrogen-bond acceptors (Lipinski definition) is 5. The van der Waals surface area contributed by atoms with E-state index in [1.165, 1.54) is 18.5 Å². The van der Waals surface area contributed by atoms with Gasteiger partial charge in [-0.3, -0.25) is 4.90 Å². The Labute approximate surface area is 174 Å². The van der Waals surface area contributed by atoms with Gasteiger partial charge in [0.05, 0.1) is 6.54 Å². The molecule has 1 saturated carbocycles. The smallest absolute Gasteiger partial charge is 0.350 e. The molecule has 30 heavy (non-hydrogen) atoms. The van der Waals surface area contributed by atoms with Gasteiger partial charge >= 0.3 is 6.18 Å². The predicted molar refractivity (Wildman–Crippen MR) is 106 cm³/mol. The Morgan fingerprint density at radius 2 is 1.73 bits per heavy atom. The van der Waals surface area contributed by atoms with Gasteiger partial charge in [-0.25, -0.2) is 15.0 Å². The molecule has 0 unspecified atom stereocenters. The molecular weight excluding hydrogens is 393 g/mol. The summed E-state index contributed by atoms with van der Waals surface area (Å²) < 4.78 is 41.7. The lowest BCUT2D eigenvalue weighted by atomic mass is 10.0. The van der Waals surface area contributed by atoms with Crippen molar-refractivity contribution in [3.63, 3.8) is 0 Å². The van der Waals surface area contributed by atoms with Crippen molar-refractivity contribution in [1.82, 2.24) is 24.4 Å². The first-order valence-corrected chi connectivity index (χ1v) is 10.9. The van der Waals surface area contributed by atoms with Crippen molar-refractivity contribution in [3.05, 3.63) is 35.8 Å².